The zero-order chi connectivity index (χ0) is 22.0. The molecule has 0 unspecified atom stereocenters. The van der Waals surface area contributed by atoms with E-state index in [1.165, 1.54) is 12.0 Å². The van der Waals surface area contributed by atoms with Crippen LogP contribution in [0.4, 0.5) is 5.69 Å². The van der Waals surface area contributed by atoms with Gasteiger partial charge in [0.2, 0.25) is 0 Å². The van der Waals surface area contributed by atoms with Crippen LogP contribution in [0.15, 0.2) is 78.5 Å². The summed E-state index contributed by atoms with van der Waals surface area (Å²) in [5.74, 6) is -0.186. The molecule has 2 amide bonds. The fourth-order valence-electron chi connectivity index (χ4n) is 3.47. The molecule has 0 aliphatic carbocycles. The lowest BCUT2D eigenvalue weighted by atomic mass is 10.0. The van der Waals surface area contributed by atoms with Gasteiger partial charge in [0.15, 0.2) is 0 Å². The van der Waals surface area contributed by atoms with E-state index in [9.17, 15) is 9.59 Å². The maximum atomic E-state index is 13.3. The average molecular weight is 433 g/mol. The van der Waals surface area contributed by atoms with E-state index >= 15 is 0 Å². The lowest BCUT2D eigenvalue weighted by Gasteiger charge is -2.16. The van der Waals surface area contributed by atoms with Gasteiger partial charge in [-0.3, -0.25) is 14.5 Å². The summed E-state index contributed by atoms with van der Waals surface area (Å²) in [4.78, 5) is 27.9. The molecule has 0 radical (unpaired) electrons. The number of imide groups is 1. The SMILES string of the molecule is COc1ccc(NC2=C(c3ccccc3)C(=O)N(Cc3ccc(C)cc3)C2=O)cc1Cl. The van der Waals surface area contributed by atoms with Gasteiger partial charge in [0.25, 0.3) is 11.8 Å². The standard InChI is InChI=1S/C25H21ClN2O3/c1-16-8-10-17(11-9-16)15-28-24(29)22(18-6-4-3-5-7-18)23(25(28)30)27-19-12-13-21(31-2)20(26)14-19/h3-14,27H,15H2,1-2H3. The van der Waals surface area contributed by atoms with E-state index in [0.717, 1.165) is 11.1 Å². The molecule has 0 atom stereocenters. The van der Waals surface area contributed by atoms with Gasteiger partial charge in [-0.15, -0.1) is 0 Å². The minimum absolute atomic E-state index is 0.197. The van der Waals surface area contributed by atoms with E-state index < -0.39 is 0 Å². The first kappa shape index (κ1) is 20.7. The first-order valence-corrected chi connectivity index (χ1v) is 10.2. The third-order valence-electron chi connectivity index (χ3n) is 5.11. The Kier molecular flexibility index (Phi) is 5.78. The van der Waals surface area contributed by atoms with Crippen LogP contribution in [0.1, 0.15) is 16.7 Å². The molecule has 0 bridgehead atoms. The lowest BCUT2D eigenvalue weighted by Crippen LogP contribution is -2.32. The molecule has 5 nitrogen and oxygen atoms in total. The van der Waals surface area contributed by atoms with Crippen molar-refractivity contribution in [3.63, 3.8) is 0 Å². The molecule has 1 heterocycles. The van der Waals surface area contributed by atoms with Gasteiger partial charge in [-0.1, -0.05) is 71.8 Å². The van der Waals surface area contributed by atoms with Gasteiger partial charge < -0.3 is 10.1 Å². The monoisotopic (exact) mass is 432 g/mol. The van der Waals surface area contributed by atoms with Gasteiger partial charge in [-0.25, -0.2) is 0 Å². The maximum Gasteiger partial charge on any atom is 0.278 e. The Bertz CT molecular complexity index is 1170. The molecule has 0 saturated carbocycles. The number of aryl methyl sites for hydroxylation is 1. The normalized spacial score (nSPS) is 13.7. The quantitative estimate of drug-likeness (QED) is 0.554. The van der Waals surface area contributed by atoms with E-state index in [4.69, 9.17) is 16.3 Å². The van der Waals surface area contributed by atoms with Crippen molar-refractivity contribution in [2.45, 2.75) is 13.5 Å². The summed E-state index contributed by atoms with van der Waals surface area (Å²) in [6.45, 7) is 2.19. The van der Waals surface area contributed by atoms with Crippen LogP contribution in [-0.4, -0.2) is 23.8 Å². The van der Waals surface area contributed by atoms with Gasteiger partial charge in [-0.2, -0.15) is 0 Å². The predicted molar refractivity (Wildman–Crippen MR) is 122 cm³/mol. The van der Waals surface area contributed by atoms with Crippen LogP contribution in [-0.2, 0) is 16.1 Å². The number of hydrogen-bond donors (Lipinski definition) is 1. The number of carbonyl (C=O) groups excluding carboxylic acids is 2. The summed E-state index contributed by atoms with van der Waals surface area (Å²) in [5.41, 5.74) is 3.83. The van der Waals surface area contributed by atoms with Crippen LogP contribution in [0.25, 0.3) is 5.57 Å². The highest BCUT2D eigenvalue weighted by Gasteiger charge is 2.39. The summed E-state index contributed by atoms with van der Waals surface area (Å²) < 4.78 is 5.19. The molecule has 4 rings (SSSR count). The van der Waals surface area contributed by atoms with Crippen LogP contribution in [0.2, 0.25) is 5.02 Å². The second-order valence-electron chi connectivity index (χ2n) is 7.27. The van der Waals surface area contributed by atoms with Crippen LogP contribution < -0.4 is 10.1 Å². The molecule has 6 heteroatoms. The summed E-state index contributed by atoms with van der Waals surface area (Å²) in [6, 6.07) is 22.1. The molecule has 1 N–H and O–H groups in total. The van der Waals surface area contributed by atoms with Crippen molar-refractivity contribution in [3.05, 3.63) is 100 Å². The largest absolute Gasteiger partial charge is 0.495 e. The van der Waals surface area contributed by atoms with E-state index in [2.05, 4.69) is 5.32 Å². The van der Waals surface area contributed by atoms with Crippen molar-refractivity contribution in [3.8, 4) is 5.75 Å². The number of nitrogens with zero attached hydrogens (tertiary/aromatic N) is 1. The second kappa shape index (κ2) is 8.66. The Morgan fingerprint density at radius 1 is 0.935 bits per heavy atom. The smallest absolute Gasteiger partial charge is 0.278 e. The van der Waals surface area contributed by atoms with Gasteiger partial charge >= 0.3 is 0 Å². The summed E-state index contributed by atoms with van der Waals surface area (Å²) >= 11 is 6.24. The highest BCUT2D eigenvalue weighted by atomic mass is 35.5. The molecular weight excluding hydrogens is 412 g/mol. The number of rotatable bonds is 6. The number of carbonyl (C=O) groups is 2. The summed E-state index contributed by atoms with van der Waals surface area (Å²) in [5, 5.41) is 3.52. The van der Waals surface area contributed by atoms with Crippen LogP contribution in [0, 0.1) is 6.92 Å². The average Bonchev–Trinajstić information content (AvgIpc) is 3.00. The molecule has 0 saturated heterocycles. The molecule has 1 aliphatic rings. The number of halogens is 1. The molecule has 0 aromatic heterocycles. The first-order chi connectivity index (χ1) is 15.0. The number of methoxy groups -OCH3 is 1. The first-order valence-electron chi connectivity index (χ1n) is 9.80. The van der Waals surface area contributed by atoms with Crippen LogP contribution >= 0.6 is 11.6 Å². The van der Waals surface area contributed by atoms with E-state index in [1.807, 2.05) is 61.5 Å². The maximum absolute atomic E-state index is 13.3. The molecule has 0 spiro atoms. The highest BCUT2D eigenvalue weighted by molar-refractivity contribution is 6.36. The zero-order valence-corrected chi connectivity index (χ0v) is 17.9. The topological polar surface area (TPSA) is 58.6 Å². The molecule has 3 aromatic carbocycles. The van der Waals surface area contributed by atoms with Gasteiger partial charge in [0, 0.05) is 5.69 Å². The van der Waals surface area contributed by atoms with Gasteiger partial charge in [-0.05, 0) is 36.2 Å². The Morgan fingerprint density at radius 2 is 1.65 bits per heavy atom. The molecule has 1 aliphatic heterocycles. The van der Waals surface area contributed by atoms with Gasteiger partial charge in [0.05, 0.1) is 24.3 Å². The Balaban J connectivity index is 1.71. The second-order valence-corrected chi connectivity index (χ2v) is 7.68. The molecule has 0 fully saturated rings. The van der Waals surface area contributed by atoms with E-state index in [-0.39, 0.29) is 24.1 Å². The molecule has 3 aromatic rings. The van der Waals surface area contributed by atoms with E-state index in [1.54, 1.807) is 18.2 Å². The Labute approximate surface area is 185 Å². The highest BCUT2D eigenvalue weighted by Crippen LogP contribution is 2.33. The minimum Gasteiger partial charge on any atom is -0.495 e. The van der Waals surface area contributed by atoms with Crippen molar-refractivity contribution in [2.24, 2.45) is 0 Å². The number of nitrogens with one attached hydrogen (secondary N) is 1. The number of amides is 2. The Hall–Kier alpha value is -3.57. The molecule has 31 heavy (non-hydrogen) atoms. The Morgan fingerprint density at radius 3 is 2.29 bits per heavy atom. The van der Waals surface area contributed by atoms with E-state index in [0.29, 0.717) is 27.6 Å². The molecular formula is C25H21ClN2O3. The van der Waals surface area contributed by atoms with Crippen molar-refractivity contribution >= 4 is 34.7 Å². The summed E-state index contributed by atoms with van der Waals surface area (Å²) in [6.07, 6.45) is 0. The third kappa shape index (κ3) is 4.18. The van der Waals surface area contributed by atoms with Crippen LogP contribution in [0.5, 0.6) is 5.75 Å². The summed E-state index contributed by atoms with van der Waals surface area (Å²) in [7, 11) is 1.53. The number of ether oxygens (including phenoxy) is 1. The minimum atomic E-state index is -0.378. The van der Waals surface area contributed by atoms with Crippen LogP contribution in [0.3, 0.4) is 0 Å². The van der Waals surface area contributed by atoms with Crippen molar-refractivity contribution in [1.82, 2.24) is 4.90 Å². The van der Waals surface area contributed by atoms with Crippen molar-refractivity contribution in [2.75, 3.05) is 12.4 Å². The molecule has 156 valence electrons. The predicted octanol–water partition coefficient (Wildman–Crippen LogP) is 5.05. The number of hydrogen-bond acceptors (Lipinski definition) is 4. The van der Waals surface area contributed by atoms with Gasteiger partial charge in [0.1, 0.15) is 11.4 Å². The third-order valence-corrected chi connectivity index (χ3v) is 5.41. The zero-order valence-electron chi connectivity index (χ0n) is 17.2. The lowest BCUT2D eigenvalue weighted by molar-refractivity contribution is -0.137. The van der Waals surface area contributed by atoms with Crippen molar-refractivity contribution < 1.29 is 14.3 Å². The fourth-order valence-corrected chi connectivity index (χ4v) is 3.73. The number of benzene rings is 3. The van der Waals surface area contributed by atoms with Crippen molar-refractivity contribution in [1.29, 1.82) is 0 Å². The number of anilines is 1. The fraction of sp³-hybridized carbons (Fsp3) is 0.120.